The van der Waals surface area contributed by atoms with Gasteiger partial charge in [0, 0.05) is 24.7 Å². The van der Waals surface area contributed by atoms with Crippen molar-refractivity contribution in [3.05, 3.63) is 58.8 Å². The van der Waals surface area contributed by atoms with Crippen molar-refractivity contribution in [2.24, 2.45) is 5.92 Å². The Morgan fingerprint density at radius 3 is 2.44 bits per heavy atom. The molecule has 2 N–H and O–H groups in total. The molecule has 1 aliphatic rings. The van der Waals surface area contributed by atoms with Crippen molar-refractivity contribution in [2.75, 3.05) is 22.7 Å². The number of fused-ring (bicyclic) bond motifs is 1. The molecule has 0 radical (unpaired) electrons. The van der Waals surface area contributed by atoms with E-state index in [9.17, 15) is 18.3 Å². The standard InChI is InChI=1S/C24H27N3O4S/c1-14-12-15(2)17(4)23(16(14)3)32(30,31)26-20-7-8-21(22-19(20)6-5-10-25-22)27-11-9-18(13-27)24(28)29/h5-8,10,12,18,26H,9,11,13H2,1-4H3,(H,28,29). The van der Waals surface area contributed by atoms with Crippen LogP contribution < -0.4 is 9.62 Å². The molecule has 8 heteroatoms. The summed E-state index contributed by atoms with van der Waals surface area (Å²) in [6, 6.07) is 9.14. The normalized spacial score (nSPS) is 16.5. The molecule has 2 aromatic carbocycles. The summed E-state index contributed by atoms with van der Waals surface area (Å²) in [5.74, 6) is -1.21. The number of rotatable bonds is 5. The molecule has 7 nitrogen and oxygen atoms in total. The van der Waals surface area contributed by atoms with Crippen LogP contribution in [-0.2, 0) is 14.8 Å². The molecule has 3 aromatic rings. The highest BCUT2D eigenvalue weighted by atomic mass is 32.2. The van der Waals surface area contributed by atoms with Crippen LogP contribution in [0.3, 0.4) is 0 Å². The number of benzene rings is 2. The van der Waals surface area contributed by atoms with Gasteiger partial charge in [-0.15, -0.1) is 0 Å². The molecular formula is C24H27N3O4S. The number of carboxylic acid groups (broad SMARTS) is 1. The number of pyridine rings is 1. The van der Waals surface area contributed by atoms with E-state index in [2.05, 4.69) is 9.71 Å². The lowest BCUT2D eigenvalue weighted by molar-refractivity contribution is -0.140. The second kappa shape index (κ2) is 8.09. The van der Waals surface area contributed by atoms with Crippen LogP contribution in [0.15, 0.2) is 41.4 Å². The van der Waals surface area contributed by atoms with E-state index >= 15 is 0 Å². The molecule has 32 heavy (non-hydrogen) atoms. The number of nitrogens with zero attached hydrogens (tertiary/aromatic N) is 2. The largest absolute Gasteiger partial charge is 0.481 e. The minimum Gasteiger partial charge on any atom is -0.481 e. The Kier molecular flexibility index (Phi) is 5.58. The van der Waals surface area contributed by atoms with Gasteiger partial charge in [0.25, 0.3) is 10.0 Å². The molecule has 1 aliphatic heterocycles. The van der Waals surface area contributed by atoms with Crippen LogP contribution in [0.25, 0.3) is 10.9 Å². The Balaban J connectivity index is 1.77. The summed E-state index contributed by atoms with van der Waals surface area (Å²) in [7, 11) is -3.83. The van der Waals surface area contributed by atoms with E-state index in [1.165, 1.54) is 0 Å². The van der Waals surface area contributed by atoms with Crippen molar-refractivity contribution in [1.82, 2.24) is 4.98 Å². The first-order chi connectivity index (χ1) is 15.1. The summed E-state index contributed by atoms with van der Waals surface area (Å²) in [6.45, 7) is 8.50. The first-order valence-electron chi connectivity index (χ1n) is 10.6. The van der Waals surface area contributed by atoms with Gasteiger partial charge in [-0.05, 0) is 80.6 Å². The van der Waals surface area contributed by atoms with Crippen LogP contribution in [-0.4, -0.2) is 37.6 Å². The third-order valence-corrected chi connectivity index (χ3v) is 8.08. The monoisotopic (exact) mass is 453 g/mol. The first kappa shape index (κ1) is 22.1. The van der Waals surface area contributed by atoms with Crippen molar-refractivity contribution in [1.29, 1.82) is 0 Å². The maximum Gasteiger partial charge on any atom is 0.308 e. The predicted octanol–water partition coefficient (Wildman–Crippen LogP) is 4.18. The maximum absolute atomic E-state index is 13.4. The molecule has 1 aromatic heterocycles. The van der Waals surface area contributed by atoms with E-state index in [-0.39, 0.29) is 0 Å². The quantitative estimate of drug-likeness (QED) is 0.601. The molecule has 168 valence electrons. The van der Waals surface area contributed by atoms with E-state index in [0.717, 1.165) is 27.9 Å². The van der Waals surface area contributed by atoms with Gasteiger partial charge in [0.15, 0.2) is 0 Å². The first-order valence-corrected chi connectivity index (χ1v) is 12.0. The summed E-state index contributed by atoms with van der Waals surface area (Å²) in [5.41, 5.74) is 5.23. The summed E-state index contributed by atoms with van der Waals surface area (Å²) >= 11 is 0. The highest BCUT2D eigenvalue weighted by Crippen LogP contribution is 2.35. The predicted molar refractivity (Wildman–Crippen MR) is 126 cm³/mol. The van der Waals surface area contributed by atoms with Crippen molar-refractivity contribution in [2.45, 2.75) is 39.0 Å². The molecular weight excluding hydrogens is 426 g/mol. The molecule has 1 fully saturated rings. The number of carbonyl (C=O) groups is 1. The molecule has 1 atom stereocenters. The van der Waals surface area contributed by atoms with E-state index < -0.39 is 21.9 Å². The van der Waals surface area contributed by atoms with Gasteiger partial charge < -0.3 is 10.0 Å². The molecule has 2 heterocycles. The van der Waals surface area contributed by atoms with Gasteiger partial charge in [-0.25, -0.2) is 8.42 Å². The highest BCUT2D eigenvalue weighted by Gasteiger charge is 2.30. The topological polar surface area (TPSA) is 99.6 Å². The molecule has 0 bridgehead atoms. The Bertz CT molecular complexity index is 1310. The lowest BCUT2D eigenvalue weighted by atomic mass is 10.0. The number of aromatic nitrogens is 1. The molecule has 0 saturated carbocycles. The fourth-order valence-electron chi connectivity index (χ4n) is 4.46. The average molecular weight is 454 g/mol. The van der Waals surface area contributed by atoms with Gasteiger partial charge in [0.1, 0.15) is 0 Å². The molecule has 0 amide bonds. The Morgan fingerprint density at radius 1 is 1.12 bits per heavy atom. The van der Waals surface area contributed by atoms with Gasteiger partial charge in [-0.2, -0.15) is 0 Å². The summed E-state index contributed by atoms with van der Waals surface area (Å²) in [6.07, 6.45) is 2.23. The molecule has 1 unspecified atom stereocenters. The van der Waals surface area contributed by atoms with Gasteiger partial charge in [-0.1, -0.05) is 6.07 Å². The third kappa shape index (κ3) is 3.79. The van der Waals surface area contributed by atoms with Crippen LogP contribution in [0, 0.1) is 33.6 Å². The Morgan fingerprint density at radius 2 is 1.81 bits per heavy atom. The lowest BCUT2D eigenvalue weighted by Crippen LogP contribution is -2.23. The van der Waals surface area contributed by atoms with Crippen LogP contribution in [0.4, 0.5) is 11.4 Å². The van der Waals surface area contributed by atoms with Crippen LogP contribution in [0.1, 0.15) is 28.7 Å². The zero-order valence-corrected chi connectivity index (χ0v) is 19.5. The SMILES string of the molecule is Cc1cc(C)c(C)c(S(=O)(=O)Nc2ccc(N3CCC(C(=O)O)C3)c3ncccc23)c1C. The van der Waals surface area contributed by atoms with Gasteiger partial charge in [-0.3, -0.25) is 14.5 Å². The Labute approximate surface area is 188 Å². The van der Waals surface area contributed by atoms with Crippen molar-refractivity contribution < 1.29 is 18.3 Å². The molecule has 4 rings (SSSR count). The third-order valence-electron chi connectivity index (χ3n) is 6.44. The van der Waals surface area contributed by atoms with Crippen LogP contribution >= 0.6 is 0 Å². The Hall–Kier alpha value is -3.13. The zero-order chi connectivity index (χ0) is 23.2. The van der Waals surface area contributed by atoms with Crippen molar-refractivity contribution in [3.63, 3.8) is 0 Å². The van der Waals surface area contributed by atoms with Gasteiger partial charge in [0.05, 0.1) is 27.7 Å². The van der Waals surface area contributed by atoms with Gasteiger partial charge >= 0.3 is 5.97 Å². The summed E-state index contributed by atoms with van der Waals surface area (Å²) < 4.78 is 29.7. The second-order valence-corrected chi connectivity index (χ2v) is 10.1. The number of aliphatic carboxylic acids is 1. The maximum atomic E-state index is 13.4. The smallest absolute Gasteiger partial charge is 0.308 e. The average Bonchev–Trinajstić information content (AvgIpc) is 3.23. The number of hydrogen-bond acceptors (Lipinski definition) is 5. The van der Waals surface area contributed by atoms with E-state index in [4.69, 9.17) is 0 Å². The van der Waals surface area contributed by atoms with Crippen molar-refractivity contribution >= 4 is 38.3 Å². The number of hydrogen-bond donors (Lipinski definition) is 2. The number of sulfonamides is 1. The zero-order valence-electron chi connectivity index (χ0n) is 18.6. The molecule has 0 spiro atoms. The fraction of sp³-hybridized carbons (Fsp3) is 0.333. The fourth-order valence-corrected chi connectivity index (χ4v) is 6.16. The molecule has 0 aliphatic carbocycles. The van der Waals surface area contributed by atoms with Gasteiger partial charge in [0.2, 0.25) is 0 Å². The van der Waals surface area contributed by atoms with E-state index in [1.807, 2.05) is 50.8 Å². The minimum atomic E-state index is -3.83. The van der Waals surface area contributed by atoms with Crippen LogP contribution in [0.5, 0.6) is 0 Å². The highest BCUT2D eigenvalue weighted by molar-refractivity contribution is 7.92. The van der Waals surface area contributed by atoms with Crippen LogP contribution in [0.2, 0.25) is 0 Å². The van der Waals surface area contributed by atoms with E-state index in [0.29, 0.717) is 41.0 Å². The summed E-state index contributed by atoms with van der Waals surface area (Å²) in [4.78, 5) is 18.2. The minimum absolute atomic E-state index is 0.306. The molecule has 1 saturated heterocycles. The number of carboxylic acids is 1. The second-order valence-electron chi connectivity index (χ2n) is 8.50. The number of aryl methyl sites for hydroxylation is 2. The number of nitrogens with one attached hydrogen (secondary N) is 1. The van der Waals surface area contributed by atoms with E-state index in [1.54, 1.807) is 18.3 Å². The lowest BCUT2D eigenvalue weighted by Gasteiger charge is -2.22. The number of anilines is 2. The van der Waals surface area contributed by atoms with Crippen molar-refractivity contribution in [3.8, 4) is 0 Å². The summed E-state index contributed by atoms with van der Waals surface area (Å²) in [5, 5.41) is 10.0.